The van der Waals surface area contributed by atoms with Gasteiger partial charge >= 0.3 is 5.69 Å². The average Bonchev–Trinajstić information content (AvgIpc) is 3.12. The highest BCUT2D eigenvalue weighted by atomic mass is 19.2. The van der Waals surface area contributed by atoms with E-state index in [9.17, 15) is 18.4 Å². The minimum absolute atomic E-state index is 0.0812. The Kier molecular flexibility index (Phi) is 5.26. The highest BCUT2D eigenvalue weighted by molar-refractivity contribution is 5.90. The molecule has 0 bridgehead atoms. The Labute approximate surface area is 176 Å². The number of hydrogen-bond donors (Lipinski definition) is 0. The molecule has 0 saturated heterocycles. The van der Waals surface area contributed by atoms with Gasteiger partial charge in [0.2, 0.25) is 0 Å². The Morgan fingerprint density at radius 1 is 1.06 bits per heavy atom. The Hall–Kier alpha value is -3.62. The summed E-state index contributed by atoms with van der Waals surface area (Å²) in [7, 11) is 1.42. The first kappa shape index (κ1) is 20.6. The lowest BCUT2D eigenvalue weighted by molar-refractivity contribution is 0.489. The Morgan fingerprint density at radius 3 is 2.45 bits per heavy atom. The van der Waals surface area contributed by atoms with Gasteiger partial charge in [-0.05, 0) is 24.1 Å². The molecule has 0 aliphatic carbocycles. The van der Waals surface area contributed by atoms with Gasteiger partial charge in [0.25, 0.3) is 5.56 Å². The Bertz CT molecular complexity index is 1390. The van der Waals surface area contributed by atoms with Crippen LogP contribution in [0.5, 0.6) is 0 Å². The minimum atomic E-state index is -0.977. The molecule has 0 aliphatic rings. The summed E-state index contributed by atoms with van der Waals surface area (Å²) in [5, 5.41) is 4.77. The van der Waals surface area contributed by atoms with Gasteiger partial charge in [-0.2, -0.15) is 5.10 Å². The van der Waals surface area contributed by atoms with Crippen molar-refractivity contribution in [3.8, 4) is 11.3 Å². The molecule has 160 valence electrons. The number of benzene rings is 1. The molecule has 1 aromatic carbocycles. The van der Waals surface area contributed by atoms with Crippen molar-refractivity contribution < 1.29 is 8.78 Å². The van der Waals surface area contributed by atoms with E-state index in [4.69, 9.17) is 0 Å². The monoisotopic (exact) mass is 425 g/mol. The zero-order valence-electron chi connectivity index (χ0n) is 17.3. The topological polar surface area (TPSA) is 74.7 Å². The zero-order valence-corrected chi connectivity index (χ0v) is 17.3. The molecule has 4 aromatic rings. The molecule has 0 N–H and O–H groups in total. The lowest BCUT2D eigenvalue weighted by Crippen LogP contribution is -2.38. The van der Waals surface area contributed by atoms with Crippen molar-refractivity contribution in [3.05, 3.63) is 80.8 Å². The second-order valence-electron chi connectivity index (χ2n) is 7.80. The summed E-state index contributed by atoms with van der Waals surface area (Å²) in [6.45, 7) is 4.14. The molecular weight excluding hydrogens is 404 g/mol. The lowest BCUT2D eigenvalue weighted by Gasteiger charge is -2.11. The fraction of sp³-hybridized carbons (Fsp3) is 0.273. The average molecular weight is 425 g/mol. The van der Waals surface area contributed by atoms with Gasteiger partial charge in [-0.25, -0.2) is 13.6 Å². The molecule has 4 rings (SSSR count). The standard InChI is InChI=1S/C22H21F2N5O2/c1-13(2)11-28-20-17(21(30)27(3)22(28)31)19(14-7-9-25-10-8-14)29(26-20)12-15-5-4-6-16(23)18(15)24/h4-10,13H,11-12H2,1-3H3. The van der Waals surface area contributed by atoms with Gasteiger partial charge in [-0.1, -0.05) is 26.0 Å². The first-order valence-corrected chi connectivity index (χ1v) is 9.83. The van der Waals surface area contributed by atoms with Gasteiger partial charge in [0.05, 0.1) is 12.2 Å². The van der Waals surface area contributed by atoms with E-state index in [1.807, 2.05) is 13.8 Å². The van der Waals surface area contributed by atoms with Gasteiger partial charge in [0.15, 0.2) is 17.3 Å². The van der Waals surface area contributed by atoms with Crippen LogP contribution in [0.15, 0.2) is 52.3 Å². The van der Waals surface area contributed by atoms with Crippen LogP contribution < -0.4 is 11.2 Å². The lowest BCUT2D eigenvalue weighted by atomic mass is 10.1. The molecule has 0 saturated carbocycles. The van der Waals surface area contributed by atoms with Crippen molar-refractivity contribution in [2.75, 3.05) is 0 Å². The second kappa shape index (κ2) is 7.90. The van der Waals surface area contributed by atoms with Crippen LogP contribution in [0, 0.1) is 17.6 Å². The Morgan fingerprint density at radius 2 is 1.77 bits per heavy atom. The number of nitrogens with zero attached hydrogens (tertiary/aromatic N) is 5. The Balaban J connectivity index is 2.08. The van der Waals surface area contributed by atoms with Crippen LogP contribution in [-0.4, -0.2) is 23.9 Å². The largest absolute Gasteiger partial charge is 0.332 e. The number of pyridine rings is 1. The minimum Gasteiger partial charge on any atom is -0.276 e. The van der Waals surface area contributed by atoms with E-state index in [0.717, 1.165) is 10.6 Å². The van der Waals surface area contributed by atoms with Crippen LogP contribution >= 0.6 is 0 Å². The summed E-state index contributed by atoms with van der Waals surface area (Å²) >= 11 is 0. The fourth-order valence-electron chi connectivity index (χ4n) is 3.64. The number of fused-ring (bicyclic) bond motifs is 1. The third-order valence-corrected chi connectivity index (χ3v) is 5.08. The van der Waals surface area contributed by atoms with E-state index in [1.165, 1.54) is 28.4 Å². The molecule has 0 spiro atoms. The first-order chi connectivity index (χ1) is 14.8. The van der Waals surface area contributed by atoms with E-state index in [1.54, 1.807) is 24.5 Å². The molecule has 0 radical (unpaired) electrons. The van der Waals surface area contributed by atoms with Crippen LogP contribution in [0.25, 0.3) is 22.3 Å². The molecule has 0 aliphatic heterocycles. The molecule has 0 amide bonds. The van der Waals surface area contributed by atoms with Crippen LogP contribution in [-0.2, 0) is 20.1 Å². The third kappa shape index (κ3) is 3.56. The number of halogens is 2. The van der Waals surface area contributed by atoms with E-state index in [0.29, 0.717) is 17.8 Å². The van der Waals surface area contributed by atoms with Gasteiger partial charge in [0, 0.05) is 37.1 Å². The SMILES string of the molecule is CC(C)Cn1c(=O)n(C)c(=O)c2c(-c3ccncc3)n(Cc3cccc(F)c3F)nc21. The highest BCUT2D eigenvalue weighted by Gasteiger charge is 2.23. The fourth-order valence-corrected chi connectivity index (χ4v) is 3.64. The summed E-state index contributed by atoms with van der Waals surface area (Å²) < 4.78 is 32.1. The van der Waals surface area contributed by atoms with Crippen LogP contribution in [0.1, 0.15) is 19.4 Å². The maximum absolute atomic E-state index is 14.4. The quantitative estimate of drug-likeness (QED) is 0.493. The van der Waals surface area contributed by atoms with Gasteiger partial charge < -0.3 is 0 Å². The predicted octanol–water partition coefficient (Wildman–Crippen LogP) is 2.94. The maximum atomic E-state index is 14.4. The van der Waals surface area contributed by atoms with Gasteiger partial charge in [0.1, 0.15) is 5.39 Å². The molecule has 7 nitrogen and oxygen atoms in total. The van der Waals surface area contributed by atoms with Crippen molar-refractivity contribution in [1.82, 2.24) is 23.9 Å². The normalized spacial score (nSPS) is 11.5. The van der Waals surface area contributed by atoms with Crippen LogP contribution in [0.4, 0.5) is 8.78 Å². The summed E-state index contributed by atoms with van der Waals surface area (Å²) in [4.78, 5) is 29.9. The smallest absolute Gasteiger partial charge is 0.276 e. The summed E-state index contributed by atoms with van der Waals surface area (Å²) in [5.74, 6) is -1.82. The predicted molar refractivity (Wildman–Crippen MR) is 113 cm³/mol. The van der Waals surface area contributed by atoms with Gasteiger partial charge in [-0.15, -0.1) is 0 Å². The van der Waals surface area contributed by atoms with E-state index in [-0.39, 0.29) is 29.1 Å². The molecule has 0 fully saturated rings. The maximum Gasteiger partial charge on any atom is 0.332 e. The summed E-state index contributed by atoms with van der Waals surface area (Å²) in [6, 6.07) is 7.31. The van der Waals surface area contributed by atoms with Crippen molar-refractivity contribution in [3.63, 3.8) is 0 Å². The first-order valence-electron chi connectivity index (χ1n) is 9.83. The third-order valence-electron chi connectivity index (χ3n) is 5.08. The zero-order chi connectivity index (χ0) is 22.3. The van der Waals surface area contributed by atoms with Crippen molar-refractivity contribution in [1.29, 1.82) is 0 Å². The summed E-state index contributed by atoms with van der Waals surface area (Å²) in [6.07, 6.45) is 3.13. The summed E-state index contributed by atoms with van der Waals surface area (Å²) in [5.41, 5.74) is 0.357. The van der Waals surface area contributed by atoms with Crippen molar-refractivity contribution in [2.24, 2.45) is 13.0 Å². The molecule has 9 heteroatoms. The number of rotatable bonds is 5. The van der Waals surface area contributed by atoms with E-state index in [2.05, 4.69) is 10.1 Å². The number of hydrogen-bond acceptors (Lipinski definition) is 4. The molecule has 31 heavy (non-hydrogen) atoms. The molecule has 3 heterocycles. The van der Waals surface area contributed by atoms with E-state index >= 15 is 0 Å². The van der Waals surface area contributed by atoms with E-state index < -0.39 is 22.9 Å². The van der Waals surface area contributed by atoms with Crippen LogP contribution in [0.3, 0.4) is 0 Å². The number of aromatic nitrogens is 5. The van der Waals surface area contributed by atoms with Gasteiger partial charge in [-0.3, -0.25) is 23.6 Å². The molecular formula is C22H21F2N5O2. The van der Waals surface area contributed by atoms with Crippen molar-refractivity contribution in [2.45, 2.75) is 26.9 Å². The molecule has 0 unspecified atom stereocenters. The van der Waals surface area contributed by atoms with Crippen LogP contribution in [0.2, 0.25) is 0 Å². The molecule has 3 aromatic heterocycles. The second-order valence-corrected chi connectivity index (χ2v) is 7.80. The molecule has 0 atom stereocenters. The van der Waals surface area contributed by atoms with Crippen molar-refractivity contribution >= 4 is 11.0 Å². The highest BCUT2D eigenvalue weighted by Crippen LogP contribution is 2.27.